The van der Waals surface area contributed by atoms with Crippen LogP contribution in [0.2, 0.25) is 0 Å². The number of hydrogen-bond donors (Lipinski definition) is 1. The highest BCUT2D eigenvalue weighted by Gasteiger charge is 2.16. The van der Waals surface area contributed by atoms with E-state index >= 15 is 0 Å². The van der Waals surface area contributed by atoms with Gasteiger partial charge in [-0.1, -0.05) is 19.1 Å². The van der Waals surface area contributed by atoms with Gasteiger partial charge in [0.15, 0.2) is 0 Å². The Kier molecular flexibility index (Phi) is 3.80. The van der Waals surface area contributed by atoms with E-state index in [9.17, 15) is 0 Å². The van der Waals surface area contributed by atoms with Gasteiger partial charge in [0.2, 0.25) is 0 Å². The second-order valence-corrected chi connectivity index (χ2v) is 4.03. The minimum absolute atomic E-state index is 0.279. The van der Waals surface area contributed by atoms with E-state index in [1.165, 1.54) is 11.1 Å². The van der Waals surface area contributed by atoms with Gasteiger partial charge in [0.05, 0.1) is 19.3 Å². The van der Waals surface area contributed by atoms with Crippen LogP contribution < -0.4 is 10.1 Å². The average molecular weight is 221 g/mol. The molecule has 0 amide bonds. The van der Waals surface area contributed by atoms with Crippen molar-refractivity contribution < 1.29 is 9.47 Å². The summed E-state index contributed by atoms with van der Waals surface area (Å²) in [6.07, 6.45) is 1.02. The third-order valence-electron chi connectivity index (χ3n) is 2.90. The Morgan fingerprint density at radius 3 is 3.12 bits per heavy atom. The fourth-order valence-corrected chi connectivity index (χ4v) is 2.11. The Bertz CT molecular complexity index is 346. The third-order valence-corrected chi connectivity index (χ3v) is 2.90. The van der Waals surface area contributed by atoms with E-state index in [2.05, 4.69) is 30.4 Å². The largest absolute Gasteiger partial charge is 0.493 e. The van der Waals surface area contributed by atoms with Gasteiger partial charge in [-0.15, -0.1) is 0 Å². The summed E-state index contributed by atoms with van der Waals surface area (Å²) in [6.45, 7) is 4.57. The average Bonchev–Trinajstić information content (AvgIpc) is 2.75. The molecule has 0 aromatic heterocycles. The molecule has 1 atom stereocenters. The zero-order valence-electron chi connectivity index (χ0n) is 9.95. The van der Waals surface area contributed by atoms with Crippen LogP contribution in [0.5, 0.6) is 5.75 Å². The first-order valence-electron chi connectivity index (χ1n) is 5.83. The second-order valence-electron chi connectivity index (χ2n) is 4.03. The summed E-state index contributed by atoms with van der Waals surface area (Å²) in [6, 6.07) is 6.70. The first-order chi connectivity index (χ1) is 7.85. The molecule has 0 fully saturated rings. The molecule has 0 spiro atoms. The molecule has 1 aromatic carbocycles. The Morgan fingerprint density at radius 2 is 2.38 bits per heavy atom. The zero-order chi connectivity index (χ0) is 11.4. The molecule has 0 bridgehead atoms. The Labute approximate surface area is 96.8 Å². The predicted octanol–water partition coefficient (Wildman–Crippen LogP) is 1.92. The highest BCUT2D eigenvalue weighted by Crippen LogP contribution is 2.28. The van der Waals surface area contributed by atoms with Gasteiger partial charge in [0.25, 0.3) is 0 Å². The summed E-state index contributed by atoms with van der Waals surface area (Å²) in [5.41, 5.74) is 2.60. The van der Waals surface area contributed by atoms with Crippen molar-refractivity contribution in [3.8, 4) is 5.75 Å². The molecular formula is C13H19NO2. The zero-order valence-corrected chi connectivity index (χ0v) is 9.95. The number of methoxy groups -OCH3 is 1. The fraction of sp³-hybridized carbons (Fsp3) is 0.538. The quantitative estimate of drug-likeness (QED) is 0.824. The molecule has 1 N–H and O–H groups in total. The standard InChI is InChI=1S/C13H19NO2/c1-3-14-12(9-15-2)10-4-5-13-11(8-10)6-7-16-13/h4-5,8,12,14H,3,6-7,9H2,1-2H3. The molecule has 1 unspecified atom stereocenters. The maximum Gasteiger partial charge on any atom is 0.122 e. The van der Waals surface area contributed by atoms with E-state index in [1.54, 1.807) is 7.11 Å². The van der Waals surface area contributed by atoms with E-state index in [1.807, 2.05) is 0 Å². The number of hydrogen-bond acceptors (Lipinski definition) is 3. The topological polar surface area (TPSA) is 30.5 Å². The van der Waals surface area contributed by atoms with Crippen molar-refractivity contribution in [2.75, 3.05) is 26.9 Å². The molecule has 3 nitrogen and oxygen atoms in total. The lowest BCUT2D eigenvalue weighted by atomic mass is 10.0. The lowest BCUT2D eigenvalue weighted by Crippen LogP contribution is -2.24. The molecule has 1 heterocycles. The number of ether oxygens (including phenoxy) is 2. The van der Waals surface area contributed by atoms with Crippen molar-refractivity contribution in [3.63, 3.8) is 0 Å². The molecule has 0 saturated heterocycles. The molecule has 3 heteroatoms. The Hall–Kier alpha value is -1.06. The lowest BCUT2D eigenvalue weighted by molar-refractivity contribution is 0.168. The maximum atomic E-state index is 5.50. The molecular weight excluding hydrogens is 202 g/mol. The highest BCUT2D eigenvalue weighted by atomic mass is 16.5. The maximum absolute atomic E-state index is 5.50. The van der Waals surface area contributed by atoms with Crippen LogP contribution in [0, 0.1) is 0 Å². The van der Waals surface area contributed by atoms with Crippen molar-refractivity contribution in [1.82, 2.24) is 5.32 Å². The van der Waals surface area contributed by atoms with Crippen LogP contribution in [-0.2, 0) is 11.2 Å². The molecule has 16 heavy (non-hydrogen) atoms. The van der Waals surface area contributed by atoms with Gasteiger partial charge < -0.3 is 14.8 Å². The molecule has 0 aliphatic carbocycles. The smallest absolute Gasteiger partial charge is 0.122 e. The number of nitrogens with one attached hydrogen (secondary N) is 1. The molecule has 0 radical (unpaired) electrons. The summed E-state index contributed by atoms with van der Waals surface area (Å²) < 4.78 is 10.7. The number of fused-ring (bicyclic) bond motifs is 1. The van der Waals surface area contributed by atoms with Crippen LogP contribution >= 0.6 is 0 Å². The van der Waals surface area contributed by atoms with Gasteiger partial charge in [0, 0.05) is 13.5 Å². The molecule has 1 aromatic rings. The monoisotopic (exact) mass is 221 g/mol. The van der Waals surface area contributed by atoms with Crippen LogP contribution in [0.25, 0.3) is 0 Å². The molecule has 1 aliphatic heterocycles. The predicted molar refractivity (Wildman–Crippen MR) is 63.9 cm³/mol. The first-order valence-corrected chi connectivity index (χ1v) is 5.83. The normalized spacial score (nSPS) is 15.6. The van der Waals surface area contributed by atoms with E-state index in [4.69, 9.17) is 9.47 Å². The van der Waals surface area contributed by atoms with E-state index < -0.39 is 0 Å². The fourth-order valence-electron chi connectivity index (χ4n) is 2.11. The summed E-state index contributed by atoms with van der Waals surface area (Å²) in [4.78, 5) is 0. The van der Waals surface area contributed by atoms with Crippen LogP contribution in [0.15, 0.2) is 18.2 Å². The van der Waals surface area contributed by atoms with Gasteiger partial charge in [0.1, 0.15) is 5.75 Å². The molecule has 0 saturated carbocycles. The molecule has 2 rings (SSSR count). The van der Waals surface area contributed by atoms with Crippen LogP contribution in [-0.4, -0.2) is 26.9 Å². The van der Waals surface area contributed by atoms with Crippen LogP contribution in [0.3, 0.4) is 0 Å². The first kappa shape index (κ1) is 11.4. The molecule has 1 aliphatic rings. The van der Waals surface area contributed by atoms with Crippen LogP contribution in [0.1, 0.15) is 24.1 Å². The summed E-state index contributed by atoms with van der Waals surface area (Å²) in [5.74, 6) is 1.04. The second kappa shape index (κ2) is 5.32. The van der Waals surface area contributed by atoms with Gasteiger partial charge >= 0.3 is 0 Å². The number of rotatable bonds is 5. The van der Waals surface area contributed by atoms with E-state index in [-0.39, 0.29) is 6.04 Å². The minimum atomic E-state index is 0.279. The summed E-state index contributed by atoms with van der Waals surface area (Å²) >= 11 is 0. The summed E-state index contributed by atoms with van der Waals surface area (Å²) in [5, 5.41) is 3.43. The SMILES string of the molecule is CCNC(COC)c1ccc2c(c1)CCO2. The van der Waals surface area contributed by atoms with Gasteiger partial charge in [-0.05, 0) is 23.7 Å². The van der Waals surface area contributed by atoms with Crippen molar-refractivity contribution >= 4 is 0 Å². The van der Waals surface area contributed by atoms with Gasteiger partial charge in [-0.25, -0.2) is 0 Å². The van der Waals surface area contributed by atoms with Crippen molar-refractivity contribution in [2.24, 2.45) is 0 Å². The lowest BCUT2D eigenvalue weighted by Gasteiger charge is -2.18. The van der Waals surface area contributed by atoms with E-state index in [0.29, 0.717) is 6.61 Å². The Morgan fingerprint density at radius 1 is 1.50 bits per heavy atom. The van der Waals surface area contributed by atoms with Crippen molar-refractivity contribution in [3.05, 3.63) is 29.3 Å². The third kappa shape index (κ3) is 2.36. The van der Waals surface area contributed by atoms with E-state index in [0.717, 1.165) is 25.3 Å². The number of benzene rings is 1. The minimum Gasteiger partial charge on any atom is -0.493 e. The Balaban J connectivity index is 2.17. The van der Waals surface area contributed by atoms with Gasteiger partial charge in [-0.3, -0.25) is 0 Å². The summed E-state index contributed by atoms with van der Waals surface area (Å²) in [7, 11) is 1.74. The van der Waals surface area contributed by atoms with Gasteiger partial charge in [-0.2, -0.15) is 0 Å². The van der Waals surface area contributed by atoms with Crippen molar-refractivity contribution in [1.29, 1.82) is 0 Å². The van der Waals surface area contributed by atoms with Crippen LogP contribution in [0.4, 0.5) is 0 Å². The highest BCUT2D eigenvalue weighted by molar-refractivity contribution is 5.40. The number of likely N-dealkylation sites (N-methyl/N-ethyl adjacent to an activating group) is 1. The molecule has 88 valence electrons. The van der Waals surface area contributed by atoms with Crippen molar-refractivity contribution in [2.45, 2.75) is 19.4 Å².